The SMILES string of the molecule is C1=NCCN1c1ccccn1.O=CO. The van der Waals surface area contributed by atoms with Gasteiger partial charge in [0.05, 0.1) is 12.9 Å². The molecule has 5 heteroatoms. The van der Waals surface area contributed by atoms with Crippen LogP contribution in [-0.4, -0.2) is 36.0 Å². The van der Waals surface area contributed by atoms with Gasteiger partial charge >= 0.3 is 0 Å². The van der Waals surface area contributed by atoms with Crippen LogP contribution in [0.3, 0.4) is 0 Å². The number of aliphatic imine (C=N–C) groups is 1. The van der Waals surface area contributed by atoms with Crippen LogP contribution in [0.1, 0.15) is 0 Å². The molecule has 0 aliphatic carbocycles. The molecule has 2 heterocycles. The Morgan fingerprint density at radius 3 is 2.79 bits per heavy atom. The van der Waals surface area contributed by atoms with Crippen LogP contribution in [0.25, 0.3) is 0 Å². The van der Waals surface area contributed by atoms with Crippen LogP contribution in [0, 0.1) is 0 Å². The van der Waals surface area contributed by atoms with Crippen LogP contribution in [-0.2, 0) is 4.79 Å². The van der Waals surface area contributed by atoms with Crippen LogP contribution in [0.15, 0.2) is 29.4 Å². The van der Waals surface area contributed by atoms with Crippen LogP contribution in [0.5, 0.6) is 0 Å². The van der Waals surface area contributed by atoms with Crippen molar-refractivity contribution in [1.82, 2.24) is 4.98 Å². The fourth-order valence-electron chi connectivity index (χ4n) is 1.08. The Balaban J connectivity index is 0.000000293. The number of pyridine rings is 1. The predicted molar refractivity (Wildman–Crippen MR) is 53.6 cm³/mol. The van der Waals surface area contributed by atoms with Crippen LogP contribution in [0.4, 0.5) is 5.82 Å². The highest BCUT2D eigenvalue weighted by Gasteiger charge is 2.06. The maximum Gasteiger partial charge on any atom is 0.290 e. The van der Waals surface area contributed by atoms with E-state index in [4.69, 9.17) is 9.90 Å². The lowest BCUT2D eigenvalue weighted by molar-refractivity contribution is -0.122. The molecule has 2 rings (SSSR count). The number of nitrogens with zero attached hydrogens (tertiary/aromatic N) is 3. The van der Waals surface area contributed by atoms with Gasteiger partial charge < -0.3 is 10.0 Å². The first-order valence-corrected chi connectivity index (χ1v) is 4.14. The first-order valence-electron chi connectivity index (χ1n) is 4.14. The largest absolute Gasteiger partial charge is 0.483 e. The maximum atomic E-state index is 8.36. The fourth-order valence-corrected chi connectivity index (χ4v) is 1.08. The summed E-state index contributed by atoms with van der Waals surface area (Å²) in [5.74, 6) is 0.980. The number of rotatable bonds is 1. The zero-order valence-corrected chi connectivity index (χ0v) is 7.58. The molecule has 14 heavy (non-hydrogen) atoms. The van der Waals surface area contributed by atoms with E-state index >= 15 is 0 Å². The van der Waals surface area contributed by atoms with E-state index in [1.807, 2.05) is 29.4 Å². The fraction of sp³-hybridized carbons (Fsp3) is 0.222. The summed E-state index contributed by atoms with van der Waals surface area (Å²) in [7, 11) is 0. The van der Waals surface area contributed by atoms with E-state index in [1.54, 1.807) is 6.20 Å². The van der Waals surface area contributed by atoms with E-state index in [0.717, 1.165) is 18.9 Å². The summed E-state index contributed by atoms with van der Waals surface area (Å²) >= 11 is 0. The third-order valence-electron chi connectivity index (χ3n) is 1.63. The highest BCUT2D eigenvalue weighted by atomic mass is 16.3. The number of hydrogen-bond acceptors (Lipinski definition) is 4. The topological polar surface area (TPSA) is 65.8 Å². The summed E-state index contributed by atoms with van der Waals surface area (Å²) in [5.41, 5.74) is 0. The molecule has 74 valence electrons. The van der Waals surface area contributed by atoms with Gasteiger partial charge in [0, 0.05) is 12.7 Å². The predicted octanol–water partition coefficient (Wildman–Crippen LogP) is 0.631. The summed E-state index contributed by atoms with van der Waals surface area (Å²) in [5, 5.41) is 6.89. The van der Waals surface area contributed by atoms with Crippen LogP contribution >= 0.6 is 0 Å². The van der Waals surface area contributed by atoms with Gasteiger partial charge in [0.25, 0.3) is 6.47 Å². The molecule has 0 bridgehead atoms. The molecule has 0 fully saturated rings. The van der Waals surface area contributed by atoms with E-state index in [1.165, 1.54) is 0 Å². The normalized spacial score (nSPS) is 13.3. The van der Waals surface area contributed by atoms with Gasteiger partial charge in [-0.2, -0.15) is 0 Å². The van der Waals surface area contributed by atoms with Crippen molar-refractivity contribution in [2.24, 2.45) is 4.99 Å². The lowest BCUT2D eigenvalue weighted by Gasteiger charge is -2.10. The van der Waals surface area contributed by atoms with Crippen LogP contribution in [0.2, 0.25) is 0 Å². The summed E-state index contributed by atoms with van der Waals surface area (Å²) < 4.78 is 0. The molecule has 0 saturated carbocycles. The van der Waals surface area contributed by atoms with E-state index < -0.39 is 0 Å². The van der Waals surface area contributed by atoms with Gasteiger partial charge in [-0.05, 0) is 12.1 Å². The van der Waals surface area contributed by atoms with Crippen molar-refractivity contribution in [3.63, 3.8) is 0 Å². The van der Waals surface area contributed by atoms with Gasteiger partial charge in [-0.15, -0.1) is 0 Å². The van der Waals surface area contributed by atoms with Crippen molar-refractivity contribution in [3.05, 3.63) is 24.4 Å². The molecule has 1 aromatic rings. The molecule has 0 spiro atoms. The number of carboxylic acid groups (broad SMARTS) is 1. The van der Waals surface area contributed by atoms with Gasteiger partial charge in [0.2, 0.25) is 0 Å². The molecular formula is C9H11N3O2. The molecule has 1 aromatic heterocycles. The third kappa shape index (κ3) is 2.85. The zero-order chi connectivity index (χ0) is 10.2. The Hall–Kier alpha value is -1.91. The Labute approximate surface area is 81.7 Å². The average molecular weight is 193 g/mol. The summed E-state index contributed by atoms with van der Waals surface area (Å²) in [6.45, 7) is 1.59. The van der Waals surface area contributed by atoms with Gasteiger partial charge in [-0.3, -0.25) is 9.79 Å². The molecule has 0 amide bonds. The second-order valence-corrected chi connectivity index (χ2v) is 2.51. The molecule has 1 aliphatic heterocycles. The van der Waals surface area contributed by atoms with E-state index in [9.17, 15) is 0 Å². The number of anilines is 1. The van der Waals surface area contributed by atoms with Crippen LogP contribution < -0.4 is 4.90 Å². The smallest absolute Gasteiger partial charge is 0.290 e. The van der Waals surface area contributed by atoms with E-state index in [0.29, 0.717) is 0 Å². The Bertz CT molecular complexity index is 300. The van der Waals surface area contributed by atoms with Crippen molar-refractivity contribution in [2.45, 2.75) is 0 Å². The van der Waals surface area contributed by atoms with E-state index in [-0.39, 0.29) is 6.47 Å². The molecule has 0 saturated heterocycles. The van der Waals surface area contributed by atoms with Crippen molar-refractivity contribution < 1.29 is 9.90 Å². The minimum absolute atomic E-state index is 0.250. The van der Waals surface area contributed by atoms with Gasteiger partial charge in [-0.1, -0.05) is 6.07 Å². The van der Waals surface area contributed by atoms with Crippen molar-refractivity contribution >= 4 is 18.6 Å². The highest BCUT2D eigenvalue weighted by molar-refractivity contribution is 5.78. The molecule has 0 aromatic carbocycles. The lowest BCUT2D eigenvalue weighted by Crippen LogP contribution is -2.18. The second kappa shape index (κ2) is 5.69. The first-order chi connectivity index (χ1) is 6.88. The molecule has 1 N–H and O–H groups in total. The molecular weight excluding hydrogens is 182 g/mol. The Kier molecular flexibility index (Phi) is 4.13. The average Bonchev–Trinajstić information content (AvgIpc) is 2.73. The summed E-state index contributed by atoms with van der Waals surface area (Å²) in [6.07, 6.45) is 3.63. The van der Waals surface area contributed by atoms with Gasteiger partial charge in [-0.25, -0.2) is 4.98 Å². The zero-order valence-electron chi connectivity index (χ0n) is 7.58. The Morgan fingerprint density at radius 1 is 1.50 bits per heavy atom. The number of hydrogen-bond donors (Lipinski definition) is 1. The minimum Gasteiger partial charge on any atom is -0.483 e. The lowest BCUT2D eigenvalue weighted by atomic mass is 10.4. The quantitative estimate of drug-likeness (QED) is 0.664. The van der Waals surface area contributed by atoms with Gasteiger partial charge in [0.1, 0.15) is 5.82 Å². The minimum atomic E-state index is -0.250. The third-order valence-corrected chi connectivity index (χ3v) is 1.63. The monoisotopic (exact) mass is 193 g/mol. The first kappa shape index (κ1) is 10.2. The molecule has 0 unspecified atom stereocenters. The number of carbonyl (C=O) groups is 1. The van der Waals surface area contributed by atoms with Crippen molar-refractivity contribution in [3.8, 4) is 0 Å². The molecule has 0 atom stereocenters. The van der Waals surface area contributed by atoms with Crippen molar-refractivity contribution in [1.29, 1.82) is 0 Å². The van der Waals surface area contributed by atoms with E-state index in [2.05, 4.69) is 9.98 Å². The molecule has 1 aliphatic rings. The maximum absolute atomic E-state index is 8.36. The molecule has 0 radical (unpaired) electrons. The van der Waals surface area contributed by atoms with Crippen molar-refractivity contribution in [2.75, 3.05) is 18.0 Å². The Morgan fingerprint density at radius 2 is 2.29 bits per heavy atom. The summed E-state index contributed by atoms with van der Waals surface area (Å²) in [4.78, 5) is 18.7. The second-order valence-electron chi connectivity index (χ2n) is 2.51. The number of aromatic nitrogens is 1. The highest BCUT2D eigenvalue weighted by Crippen LogP contribution is 2.08. The van der Waals surface area contributed by atoms with Gasteiger partial charge in [0.15, 0.2) is 0 Å². The summed E-state index contributed by atoms with van der Waals surface area (Å²) in [6, 6.07) is 5.88. The molecule has 5 nitrogen and oxygen atoms in total. The standard InChI is InChI=1S/C8H9N3.CH2O2/c1-2-4-10-8(3-1)11-6-5-9-7-11;2-1-3/h1-4,7H,5-6H2;1H,(H,2,3).